The summed E-state index contributed by atoms with van der Waals surface area (Å²) in [5.74, 6) is 0.311. The molecule has 0 saturated heterocycles. The quantitative estimate of drug-likeness (QED) is 0.542. The molecular formula is C19H14F3N5. The Hall–Kier alpha value is -3.42. The Bertz CT molecular complexity index is 1030. The molecule has 3 aromatic heterocycles. The number of hydrogen-bond donors (Lipinski definition) is 0. The molecular weight excluding hydrogens is 355 g/mol. The van der Waals surface area contributed by atoms with Gasteiger partial charge < -0.3 is 0 Å². The average molecular weight is 369 g/mol. The number of nitrogens with zero attached hydrogens (tertiary/aromatic N) is 5. The van der Waals surface area contributed by atoms with Crippen molar-refractivity contribution >= 4 is 0 Å². The van der Waals surface area contributed by atoms with Crippen molar-refractivity contribution in [3.05, 3.63) is 84.6 Å². The summed E-state index contributed by atoms with van der Waals surface area (Å²) >= 11 is 0. The Labute approximate surface area is 152 Å². The van der Waals surface area contributed by atoms with Crippen LogP contribution < -0.4 is 0 Å². The van der Waals surface area contributed by atoms with Gasteiger partial charge in [-0.3, -0.25) is 4.68 Å². The van der Waals surface area contributed by atoms with Gasteiger partial charge in [-0.15, -0.1) is 0 Å². The third kappa shape index (κ3) is 3.74. The Morgan fingerprint density at radius 1 is 0.815 bits per heavy atom. The van der Waals surface area contributed by atoms with Crippen LogP contribution in [0.4, 0.5) is 13.2 Å². The molecule has 8 heteroatoms. The van der Waals surface area contributed by atoms with Crippen molar-refractivity contribution in [2.45, 2.75) is 12.7 Å². The normalized spacial score (nSPS) is 11.7. The number of rotatable bonds is 4. The molecule has 0 amide bonds. The van der Waals surface area contributed by atoms with Gasteiger partial charge in [0.05, 0.1) is 24.5 Å². The standard InChI is InChI=1S/C19H14F3N5/c20-19(21,22)17-6-7-18(23-10-17)27-13-16(9-25-27)15-8-24-26(12-15)11-14-4-2-1-3-5-14/h1-10,12-13H,11H2. The van der Waals surface area contributed by atoms with Crippen molar-refractivity contribution in [1.29, 1.82) is 0 Å². The maximum Gasteiger partial charge on any atom is 0.417 e. The van der Waals surface area contributed by atoms with E-state index in [4.69, 9.17) is 0 Å². The van der Waals surface area contributed by atoms with Crippen LogP contribution in [0.15, 0.2) is 73.4 Å². The first-order chi connectivity index (χ1) is 13.0. The number of pyridine rings is 1. The number of hydrogen-bond acceptors (Lipinski definition) is 3. The third-order valence-corrected chi connectivity index (χ3v) is 4.05. The predicted octanol–water partition coefficient (Wildman–Crippen LogP) is 4.20. The van der Waals surface area contributed by atoms with E-state index in [9.17, 15) is 13.2 Å². The summed E-state index contributed by atoms with van der Waals surface area (Å²) in [6, 6.07) is 12.2. The molecule has 0 saturated carbocycles. The van der Waals surface area contributed by atoms with Crippen molar-refractivity contribution in [3.63, 3.8) is 0 Å². The monoisotopic (exact) mass is 369 g/mol. The maximum absolute atomic E-state index is 12.6. The lowest BCUT2D eigenvalue weighted by atomic mass is 10.2. The zero-order valence-corrected chi connectivity index (χ0v) is 14.0. The molecule has 0 radical (unpaired) electrons. The molecule has 1 aromatic carbocycles. The van der Waals surface area contributed by atoms with Crippen LogP contribution in [0, 0.1) is 0 Å². The minimum Gasteiger partial charge on any atom is -0.268 e. The fourth-order valence-corrected chi connectivity index (χ4v) is 2.66. The van der Waals surface area contributed by atoms with Gasteiger partial charge in [0, 0.05) is 29.7 Å². The molecule has 0 N–H and O–H groups in total. The molecule has 3 heterocycles. The van der Waals surface area contributed by atoms with Gasteiger partial charge in [-0.25, -0.2) is 9.67 Å². The molecule has 5 nitrogen and oxygen atoms in total. The van der Waals surface area contributed by atoms with E-state index in [1.807, 2.05) is 41.2 Å². The molecule has 136 valence electrons. The van der Waals surface area contributed by atoms with E-state index < -0.39 is 11.7 Å². The molecule has 0 fully saturated rings. The molecule has 0 aliphatic rings. The molecule has 0 aliphatic heterocycles. The highest BCUT2D eigenvalue weighted by atomic mass is 19.4. The highest BCUT2D eigenvalue weighted by Crippen LogP contribution is 2.29. The van der Waals surface area contributed by atoms with Crippen LogP contribution >= 0.6 is 0 Å². The number of halogens is 3. The lowest BCUT2D eigenvalue weighted by molar-refractivity contribution is -0.137. The summed E-state index contributed by atoms with van der Waals surface area (Å²) in [4.78, 5) is 3.84. The third-order valence-electron chi connectivity index (χ3n) is 4.05. The number of benzene rings is 1. The van der Waals surface area contributed by atoms with Crippen LogP contribution in [0.1, 0.15) is 11.1 Å². The minimum absolute atomic E-state index is 0.311. The Balaban J connectivity index is 1.53. The Morgan fingerprint density at radius 2 is 1.56 bits per heavy atom. The highest BCUT2D eigenvalue weighted by molar-refractivity contribution is 5.60. The van der Waals surface area contributed by atoms with E-state index in [-0.39, 0.29) is 0 Å². The summed E-state index contributed by atoms with van der Waals surface area (Å²) in [6.45, 7) is 0.648. The average Bonchev–Trinajstić information content (AvgIpc) is 3.31. The van der Waals surface area contributed by atoms with Crippen molar-refractivity contribution < 1.29 is 13.2 Å². The van der Waals surface area contributed by atoms with Gasteiger partial charge in [-0.2, -0.15) is 23.4 Å². The van der Waals surface area contributed by atoms with E-state index in [1.54, 1.807) is 18.6 Å². The molecule has 0 spiro atoms. The smallest absolute Gasteiger partial charge is 0.268 e. The first-order valence-electron chi connectivity index (χ1n) is 8.14. The van der Waals surface area contributed by atoms with Crippen LogP contribution in [0.5, 0.6) is 0 Å². The topological polar surface area (TPSA) is 48.5 Å². The SMILES string of the molecule is FC(F)(F)c1ccc(-n2cc(-c3cnn(Cc4ccccc4)c3)cn2)nc1. The van der Waals surface area contributed by atoms with Gasteiger partial charge in [-0.1, -0.05) is 30.3 Å². The van der Waals surface area contributed by atoms with Gasteiger partial charge in [-0.05, 0) is 17.7 Å². The summed E-state index contributed by atoms with van der Waals surface area (Å²) < 4.78 is 41.2. The Morgan fingerprint density at radius 3 is 2.26 bits per heavy atom. The van der Waals surface area contributed by atoms with Crippen molar-refractivity contribution in [3.8, 4) is 16.9 Å². The van der Waals surface area contributed by atoms with E-state index in [1.165, 1.54) is 10.7 Å². The second-order valence-corrected chi connectivity index (χ2v) is 5.99. The summed E-state index contributed by atoms with van der Waals surface area (Å²) in [6.07, 6.45) is 3.35. The van der Waals surface area contributed by atoms with Gasteiger partial charge in [0.2, 0.25) is 0 Å². The lowest BCUT2D eigenvalue weighted by Gasteiger charge is -2.06. The highest BCUT2D eigenvalue weighted by Gasteiger charge is 2.30. The Kier molecular flexibility index (Phi) is 4.23. The van der Waals surface area contributed by atoms with E-state index >= 15 is 0 Å². The van der Waals surface area contributed by atoms with Gasteiger partial charge in [0.1, 0.15) is 0 Å². The summed E-state index contributed by atoms with van der Waals surface area (Å²) in [5, 5.41) is 8.53. The van der Waals surface area contributed by atoms with Crippen molar-refractivity contribution in [1.82, 2.24) is 24.5 Å². The molecule has 27 heavy (non-hydrogen) atoms. The molecule has 4 rings (SSSR count). The fraction of sp³-hybridized carbons (Fsp3) is 0.105. The molecule has 0 bridgehead atoms. The largest absolute Gasteiger partial charge is 0.417 e. The van der Waals surface area contributed by atoms with Crippen LogP contribution in [-0.4, -0.2) is 24.5 Å². The molecule has 0 unspecified atom stereocenters. The number of alkyl halides is 3. The van der Waals surface area contributed by atoms with Gasteiger partial charge in [0.25, 0.3) is 0 Å². The molecule has 0 aliphatic carbocycles. The first-order valence-corrected chi connectivity index (χ1v) is 8.14. The predicted molar refractivity (Wildman–Crippen MR) is 93.1 cm³/mol. The summed E-state index contributed by atoms with van der Waals surface area (Å²) in [5.41, 5.74) is 2.01. The van der Waals surface area contributed by atoms with Gasteiger partial charge in [0.15, 0.2) is 5.82 Å². The van der Waals surface area contributed by atoms with Crippen molar-refractivity contribution in [2.24, 2.45) is 0 Å². The summed E-state index contributed by atoms with van der Waals surface area (Å²) in [7, 11) is 0. The first kappa shape index (κ1) is 17.0. The number of aromatic nitrogens is 5. The van der Waals surface area contributed by atoms with Crippen LogP contribution in [0.3, 0.4) is 0 Å². The van der Waals surface area contributed by atoms with Crippen molar-refractivity contribution in [2.75, 3.05) is 0 Å². The second-order valence-electron chi connectivity index (χ2n) is 5.99. The zero-order chi connectivity index (χ0) is 18.9. The van der Waals surface area contributed by atoms with Crippen LogP contribution in [-0.2, 0) is 12.7 Å². The minimum atomic E-state index is -4.41. The van der Waals surface area contributed by atoms with Crippen LogP contribution in [0.2, 0.25) is 0 Å². The van der Waals surface area contributed by atoms with Gasteiger partial charge >= 0.3 is 6.18 Å². The maximum atomic E-state index is 12.6. The van der Waals surface area contributed by atoms with E-state index in [0.717, 1.165) is 29.0 Å². The molecule has 4 aromatic rings. The fourth-order valence-electron chi connectivity index (χ4n) is 2.66. The van der Waals surface area contributed by atoms with Crippen LogP contribution in [0.25, 0.3) is 16.9 Å². The van der Waals surface area contributed by atoms with E-state index in [2.05, 4.69) is 15.2 Å². The lowest BCUT2D eigenvalue weighted by Crippen LogP contribution is -2.06. The second kappa shape index (κ2) is 6.71. The zero-order valence-electron chi connectivity index (χ0n) is 14.0. The molecule has 0 atom stereocenters. The van der Waals surface area contributed by atoms with E-state index in [0.29, 0.717) is 12.4 Å².